The number of carbonyl (C=O) groups excluding carboxylic acids is 2. The second-order valence-electron chi connectivity index (χ2n) is 4.17. The molecule has 1 atom stereocenters. The van der Waals surface area contributed by atoms with E-state index in [-0.39, 0.29) is 25.0 Å². The molecule has 0 aliphatic heterocycles. The molecule has 0 heterocycles. The molecule has 18 heavy (non-hydrogen) atoms. The highest BCUT2D eigenvalue weighted by molar-refractivity contribution is 5.83. The van der Waals surface area contributed by atoms with E-state index < -0.39 is 5.97 Å². The molecule has 1 aromatic rings. The van der Waals surface area contributed by atoms with Crippen LogP contribution in [0.3, 0.4) is 0 Å². The van der Waals surface area contributed by atoms with Crippen molar-refractivity contribution >= 4 is 11.9 Å². The van der Waals surface area contributed by atoms with Crippen LogP contribution in [0.5, 0.6) is 0 Å². The van der Waals surface area contributed by atoms with Gasteiger partial charge in [0, 0.05) is 5.92 Å². The molecular formula is C14H19NO3. The molecule has 1 aromatic carbocycles. The fraction of sp³-hybridized carbons (Fsp3) is 0.429. The van der Waals surface area contributed by atoms with Gasteiger partial charge in [0.15, 0.2) is 0 Å². The molecule has 1 rings (SSSR count). The van der Waals surface area contributed by atoms with E-state index in [2.05, 4.69) is 5.32 Å². The first-order valence-electron chi connectivity index (χ1n) is 6.10. The summed E-state index contributed by atoms with van der Waals surface area (Å²) >= 11 is 0. The van der Waals surface area contributed by atoms with Crippen LogP contribution in [-0.4, -0.2) is 18.4 Å². The number of ether oxygens (including phenoxy) is 1. The molecule has 1 unspecified atom stereocenters. The van der Waals surface area contributed by atoms with Gasteiger partial charge in [-0.05, 0) is 12.0 Å². The third kappa shape index (κ3) is 4.99. The van der Waals surface area contributed by atoms with Crippen molar-refractivity contribution in [2.75, 3.05) is 6.54 Å². The number of carbonyl (C=O) groups is 2. The number of esters is 1. The first kappa shape index (κ1) is 14.2. The molecule has 0 bridgehead atoms. The van der Waals surface area contributed by atoms with Crippen molar-refractivity contribution in [3.05, 3.63) is 35.9 Å². The Hall–Kier alpha value is -1.84. The summed E-state index contributed by atoms with van der Waals surface area (Å²) in [5.74, 6) is -0.614. The van der Waals surface area contributed by atoms with Gasteiger partial charge in [0.25, 0.3) is 0 Å². The lowest BCUT2D eigenvalue weighted by atomic mass is 10.1. The van der Waals surface area contributed by atoms with E-state index >= 15 is 0 Å². The number of hydrogen-bond acceptors (Lipinski definition) is 3. The van der Waals surface area contributed by atoms with Gasteiger partial charge in [0.2, 0.25) is 5.91 Å². The maximum atomic E-state index is 11.4. The van der Waals surface area contributed by atoms with Crippen molar-refractivity contribution < 1.29 is 14.3 Å². The zero-order chi connectivity index (χ0) is 13.4. The van der Waals surface area contributed by atoms with E-state index in [1.165, 1.54) is 0 Å². The molecule has 0 aliphatic carbocycles. The van der Waals surface area contributed by atoms with Crippen LogP contribution in [-0.2, 0) is 20.9 Å². The van der Waals surface area contributed by atoms with Crippen molar-refractivity contribution in [3.63, 3.8) is 0 Å². The van der Waals surface area contributed by atoms with Gasteiger partial charge in [0.1, 0.15) is 13.2 Å². The van der Waals surface area contributed by atoms with E-state index in [0.717, 1.165) is 12.0 Å². The molecule has 4 nitrogen and oxygen atoms in total. The Morgan fingerprint density at radius 3 is 2.56 bits per heavy atom. The van der Waals surface area contributed by atoms with Crippen LogP contribution in [0.1, 0.15) is 25.8 Å². The predicted octanol–water partition coefficient (Wildman–Crippen LogP) is 1.89. The zero-order valence-corrected chi connectivity index (χ0v) is 10.8. The maximum Gasteiger partial charge on any atom is 0.325 e. The topological polar surface area (TPSA) is 55.4 Å². The van der Waals surface area contributed by atoms with Gasteiger partial charge in [-0.1, -0.05) is 44.2 Å². The Morgan fingerprint density at radius 2 is 1.94 bits per heavy atom. The maximum absolute atomic E-state index is 11.4. The second kappa shape index (κ2) is 7.48. The van der Waals surface area contributed by atoms with Crippen molar-refractivity contribution in [1.29, 1.82) is 0 Å². The fourth-order valence-corrected chi connectivity index (χ4v) is 1.31. The lowest BCUT2D eigenvalue weighted by Gasteiger charge is -2.09. The predicted molar refractivity (Wildman–Crippen MR) is 68.7 cm³/mol. The van der Waals surface area contributed by atoms with Crippen molar-refractivity contribution in [1.82, 2.24) is 5.32 Å². The molecule has 0 aliphatic rings. The molecule has 0 saturated carbocycles. The van der Waals surface area contributed by atoms with Crippen molar-refractivity contribution in [2.24, 2.45) is 5.92 Å². The van der Waals surface area contributed by atoms with Gasteiger partial charge in [-0.25, -0.2) is 0 Å². The van der Waals surface area contributed by atoms with Crippen molar-refractivity contribution in [3.8, 4) is 0 Å². The molecule has 1 N–H and O–H groups in total. The summed E-state index contributed by atoms with van der Waals surface area (Å²) in [6.07, 6.45) is 0.755. The van der Waals surface area contributed by atoms with Gasteiger partial charge in [-0.2, -0.15) is 0 Å². The second-order valence-corrected chi connectivity index (χ2v) is 4.17. The third-order valence-corrected chi connectivity index (χ3v) is 2.71. The quantitative estimate of drug-likeness (QED) is 0.783. The lowest BCUT2D eigenvalue weighted by Crippen LogP contribution is -2.34. The van der Waals surface area contributed by atoms with Crippen LogP contribution in [0.2, 0.25) is 0 Å². The number of amides is 1. The molecule has 4 heteroatoms. The number of nitrogens with one attached hydrogen (secondary N) is 1. The molecule has 0 fully saturated rings. The van der Waals surface area contributed by atoms with Crippen LogP contribution in [0.4, 0.5) is 0 Å². The average molecular weight is 249 g/mol. The Bertz CT molecular complexity index is 389. The molecule has 98 valence electrons. The fourth-order valence-electron chi connectivity index (χ4n) is 1.31. The Balaban J connectivity index is 2.24. The zero-order valence-electron chi connectivity index (χ0n) is 10.8. The first-order valence-corrected chi connectivity index (χ1v) is 6.10. The van der Waals surface area contributed by atoms with Gasteiger partial charge >= 0.3 is 5.97 Å². The van der Waals surface area contributed by atoms with E-state index in [4.69, 9.17) is 4.74 Å². The minimum atomic E-state index is -0.421. The Labute approximate surface area is 107 Å². The standard InChI is InChI=1S/C14H19NO3/c1-3-11(2)14(17)15-9-13(16)18-10-12-7-5-4-6-8-12/h4-8,11H,3,9-10H2,1-2H3,(H,15,17). The van der Waals surface area contributed by atoms with E-state index in [0.29, 0.717) is 0 Å². The van der Waals surface area contributed by atoms with E-state index in [1.54, 1.807) is 0 Å². The smallest absolute Gasteiger partial charge is 0.325 e. The lowest BCUT2D eigenvalue weighted by molar-refractivity contribution is -0.145. The van der Waals surface area contributed by atoms with E-state index in [1.807, 2.05) is 44.2 Å². The molecule has 1 amide bonds. The van der Waals surface area contributed by atoms with Gasteiger partial charge in [-0.15, -0.1) is 0 Å². The van der Waals surface area contributed by atoms with Crippen LogP contribution >= 0.6 is 0 Å². The molecule has 0 aromatic heterocycles. The van der Waals surface area contributed by atoms with Crippen LogP contribution in [0.15, 0.2) is 30.3 Å². The summed E-state index contributed by atoms with van der Waals surface area (Å²) in [7, 11) is 0. The van der Waals surface area contributed by atoms with Crippen LogP contribution < -0.4 is 5.32 Å². The largest absolute Gasteiger partial charge is 0.460 e. The van der Waals surface area contributed by atoms with Crippen LogP contribution in [0.25, 0.3) is 0 Å². The molecule has 0 spiro atoms. The third-order valence-electron chi connectivity index (χ3n) is 2.71. The molecule has 0 radical (unpaired) electrons. The summed E-state index contributed by atoms with van der Waals surface area (Å²) in [5.41, 5.74) is 0.930. The highest BCUT2D eigenvalue weighted by atomic mass is 16.5. The summed E-state index contributed by atoms with van der Waals surface area (Å²) in [6.45, 7) is 3.91. The Kier molecular flexibility index (Phi) is 5.91. The minimum absolute atomic E-state index is 0.0734. The minimum Gasteiger partial charge on any atom is -0.460 e. The summed E-state index contributed by atoms with van der Waals surface area (Å²) in [6, 6.07) is 9.43. The molecule has 0 saturated heterocycles. The average Bonchev–Trinajstić information content (AvgIpc) is 2.42. The van der Waals surface area contributed by atoms with Gasteiger partial charge in [-0.3, -0.25) is 9.59 Å². The van der Waals surface area contributed by atoms with Crippen LogP contribution in [0, 0.1) is 5.92 Å². The van der Waals surface area contributed by atoms with Crippen molar-refractivity contribution in [2.45, 2.75) is 26.9 Å². The summed E-state index contributed by atoms with van der Waals surface area (Å²) in [4.78, 5) is 22.8. The normalized spacial score (nSPS) is 11.7. The number of rotatable bonds is 6. The van der Waals surface area contributed by atoms with Gasteiger partial charge < -0.3 is 10.1 Å². The summed E-state index contributed by atoms with van der Waals surface area (Å²) < 4.78 is 5.04. The highest BCUT2D eigenvalue weighted by Crippen LogP contribution is 2.01. The van der Waals surface area contributed by atoms with Gasteiger partial charge in [0.05, 0.1) is 0 Å². The first-order chi connectivity index (χ1) is 8.63. The number of hydrogen-bond donors (Lipinski definition) is 1. The monoisotopic (exact) mass is 249 g/mol. The van der Waals surface area contributed by atoms with E-state index in [9.17, 15) is 9.59 Å². The highest BCUT2D eigenvalue weighted by Gasteiger charge is 2.12. The molecular weight excluding hydrogens is 230 g/mol. The summed E-state index contributed by atoms with van der Waals surface area (Å²) in [5, 5.41) is 2.56. The SMILES string of the molecule is CCC(C)C(=O)NCC(=O)OCc1ccccc1. The number of benzene rings is 1. The Morgan fingerprint density at radius 1 is 1.28 bits per heavy atom.